The molecule has 3 nitrogen and oxygen atoms in total. The number of amides is 1. The highest BCUT2D eigenvalue weighted by atomic mass is 35.5. The lowest BCUT2D eigenvalue weighted by Crippen LogP contribution is -2.26. The fourth-order valence-corrected chi connectivity index (χ4v) is 3.03. The fraction of sp³-hybridized carbons (Fsp3) is 0.250. The highest BCUT2D eigenvalue weighted by molar-refractivity contribution is 6.35. The zero-order chi connectivity index (χ0) is 18.4. The summed E-state index contributed by atoms with van der Waals surface area (Å²) in [7, 11) is 1.65. The van der Waals surface area contributed by atoms with Gasteiger partial charge in [-0.3, -0.25) is 4.79 Å². The van der Waals surface area contributed by atoms with E-state index in [0.717, 1.165) is 28.9 Å². The van der Waals surface area contributed by atoms with Gasteiger partial charge in [0.15, 0.2) is 0 Å². The van der Waals surface area contributed by atoms with E-state index in [1.54, 1.807) is 31.4 Å². The van der Waals surface area contributed by atoms with E-state index in [-0.39, 0.29) is 11.9 Å². The number of methoxy groups -OCH3 is 1. The van der Waals surface area contributed by atoms with Crippen molar-refractivity contribution < 1.29 is 9.53 Å². The van der Waals surface area contributed by atoms with Crippen molar-refractivity contribution in [1.82, 2.24) is 5.32 Å². The third-order valence-corrected chi connectivity index (χ3v) is 4.49. The summed E-state index contributed by atoms with van der Waals surface area (Å²) in [6.45, 7) is 4.02. The molecule has 5 heteroatoms. The molecule has 0 aliphatic heterocycles. The molecule has 0 bridgehead atoms. The Morgan fingerprint density at radius 2 is 2.00 bits per heavy atom. The van der Waals surface area contributed by atoms with Gasteiger partial charge in [0.05, 0.1) is 13.2 Å². The van der Waals surface area contributed by atoms with Gasteiger partial charge in [-0.1, -0.05) is 48.3 Å². The van der Waals surface area contributed by atoms with E-state index in [1.807, 2.05) is 32.0 Å². The van der Waals surface area contributed by atoms with Gasteiger partial charge < -0.3 is 10.1 Å². The van der Waals surface area contributed by atoms with Crippen molar-refractivity contribution in [3.8, 4) is 5.75 Å². The van der Waals surface area contributed by atoms with Crippen molar-refractivity contribution in [1.29, 1.82) is 0 Å². The lowest BCUT2D eigenvalue weighted by Gasteiger charge is -2.18. The number of aryl methyl sites for hydroxylation is 1. The normalized spacial score (nSPS) is 12.2. The Morgan fingerprint density at radius 1 is 1.24 bits per heavy atom. The van der Waals surface area contributed by atoms with Crippen LogP contribution in [-0.4, -0.2) is 13.0 Å². The van der Waals surface area contributed by atoms with Gasteiger partial charge in [-0.15, -0.1) is 0 Å². The SMILES string of the molecule is CC[C@H](NC(=O)/C=C/c1ccc(Cl)cc1Cl)c1ccc(OC)c(C)c1. The number of halogens is 2. The maximum Gasteiger partial charge on any atom is 0.244 e. The second-order valence-electron chi connectivity index (χ2n) is 5.70. The number of nitrogens with one attached hydrogen (secondary N) is 1. The molecule has 0 spiro atoms. The summed E-state index contributed by atoms with van der Waals surface area (Å²) in [5.74, 6) is 0.661. The number of hydrogen-bond donors (Lipinski definition) is 1. The van der Waals surface area contributed by atoms with Crippen molar-refractivity contribution in [2.75, 3.05) is 7.11 Å². The van der Waals surface area contributed by atoms with Crippen molar-refractivity contribution in [3.63, 3.8) is 0 Å². The van der Waals surface area contributed by atoms with E-state index in [1.165, 1.54) is 6.08 Å². The van der Waals surface area contributed by atoms with Gasteiger partial charge in [0.1, 0.15) is 5.75 Å². The summed E-state index contributed by atoms with van der Waals surface area (Å²) in [5.41, 5.74) is 2.83. The van der Waals surface area contributed by atoms with Crippen LogP contribution in [0.5, 0.6) is 5.75 Å². The molecule has 1 N–H and O–H groups in total. The van der Waals surface area contributed by atoms with Crippen LogP contribution in [0.1, 0.15) is 36.1 Å². The Bertz CT molecular complexity index is 787. The van der Waals surface area contributed by atoms with E-state index in [0.29, 0.717) is 10.0 Å². The minimum atomic E-state index is -0.175. The second kappa shape index (κ2) is 8.93. The van der Waals surface area contributed by atoms with Crippen LogP contribution >= 0.6 is 23.2 Å². The van der Waals surface area contributed by atoms with E-state index in [9.17, 15) is 4.79 Å². The number of hydrogen-bond acceptors (Lipinski definition) is 2. The molecule has 0 fully saturated rings. The molecular weight excluding hydrogens is 357 g/mol. The Kier molecular flexibility index (Phi) is 6.91. The largest absolute Gasteiger partial charge is 0.496 e. The second-order valence-corrected chi connectivity index (χ2v) is 6.54. The number of carbonyl (C=O) groups is 1. The van der Waals surface area contributed by atoms with Crippen LogP contribution in [0.25, 0.3) is 6.08 Å². The number of carbonyl (C=O) groups excluding carboxylic acids is 1. The lowest BCUT2D eigenvalue weighted by atomic mass is 10.0. The maximum absolute atomic E-state index is 12.3. The molecule has 0 unspecified atom stereocenters. The molecule has 25 heavy (non-hydrogen) atoms. The van der Waals surface area contributed by atoms with Crippen LogP contribution in [0.2, 0.25) is 10.0 Å². The third kappa shape index (κ3) is 5.25. The predicted octanol–water partition coefficient (Wildman–Crippen LogP) is 5.59. The zero-order valence-electron chi connectivity index (χ0n) is 14.5. The first-order valence-corrected chi connectivity index (χ1v) is 8.78. The van der Waals surface area contributed by atoms with Crippen molar-refractivity contribution >= 4 is 35.2 Å². The van der Waals surface area contributed by atoms with Gasteiger partial charge in [0.2, 0.25) is 5.91 Å². The van der Waals surface area contributed by atoms with Gasteiger partial charge in [-0.25, -0.2) is 0 Å². The van der Waals surface area contributed by atoms with E-state index < -0.39 is 0 Å². The minimum absolute atomic E-state index is 0.0672. The molecule has 0 aliphatic rings. The van der Waals surface area contributed by atoms with Gasteiger partial charge in [-0.05, 0) is 54.3 Å². The van der Waals surface area contributed by atoms with Gasteiger partial charge in [0, 0.05) is 16.1 Å². The molecule has 0 heterocycles. The Hall–Kier alpha value is -1.97. The topological polar surface area (TPSA) is 38.3 Å². The average molecular weight is 378 g/mol. The summed E-state index contributed by atoms with van der Waals surface area (Å²) in [5, 5.41) is 4.08. The van der Waals surface area contributed by atoms with Gasteiger partial charge in [0.25, 0.3) is 0 Å². The molecule has 0 aromatic heterocycles. The van der Waals surface area contributed by atoms with Crippen LogP contribution in [0, 0.1) is 6.92 Å². The molecule has 1 amide bonds. The maximum atomic E-state index is 12.3. The molecule has 1 atom stereocenters. The third-order valence-electron chi connectivity index (χ3n) is 3.92. The van der Waals surface area contributed by atoms with Gasteiger partial charge >= 0.3 is 0 Å². The summed E-state index contributed by atoms with van der Waals surface area (Å²) >= 11 is 12.0. The van der Waals surface area contributed by atoms with Crippen LogP contribution in [0.15, 0.2) is 42.5 Å². The molecular formula is C20H21Cl2NO2. The van der Waals surface area contributed by atoms with Crippen molar-refractivity contribution in [3.05, 3.63) is 69.2 Å². The molecule has 0 saturated heterocycles. The van der Waals surface area contributed by atoms with Gasteiger partial charge in [-0.2, -0.15) is 0 Å². The Labute approximate surface area is 158 Å². The Balaban J connectivity index is 2.09. The number of benzene rings is 2. The predicted molar refractivity (Wildman–Crippen MR) is 104 cm³/mol. The first kappa shape index (κ1) is 19.4. The van der Waals surface area contributed by atoms with Crippen LogP contribution in [-0.2, 0) is 4.79 Å². The highest BCUT2D eigenvalue weighted by Gasteiger charge is 2.12. The molecule has 2 rings (SSSR count). The quantitative estimate of drug-likeness (QED) is 0.666. The fourth-order valence-electron chi connectivity index (χ4n) is 2.56. The molecule has 0 radical (unpaired) electrons. The van der Waals surface area contributed by atoms with E-state index in [2.05, 4.69) is 5.32 Å². The van der Waals surface area contributed by atoms with Crippen molar-refractivity contribution in [2.45, 2.75) is 26.3 Å². The summed E-state index contributed by atoms with van der Waals surface area (Å²) in [4.78, 5) is 12.3. The molecule has 2 aromatic rings. The first-order valence-electron chi connectivity index (χ1n) is 8.02. The van der Waals surface area contributed by atoms with E-state index >= 15 is 0 Å². The molecule has 0 saturated carbocycles. The number of rotatable bonds is 6. The van der Waals surface area contributed by atoms with Crippen molar-refractivity contribution in [2.24, 2.45) is 0 Å². The monoisotopic (exact) mass is 377 g/mol. The van der Waals surface area contributed by atoms with Crippen LogP contribution < -0.4 is 10.1 Å². The zero-order valence-corrected chi connectivity index (χ0v) is 16.0. The standard InChI is InChI=1S/C20H21Cl2NO2/c1-4-18(15-6-9-19(25-3)13(2)11-15)23-20(24)10-7-14-5-8-16(21)12-17(14)22/h5-12,18H,4H2,1-3H3,(H,23,24)/b10-7+/t18-/m0/s1. The summed E-state index contributed by atoms with van der Waals surface area (Å²) in [6.07, 6.45) is 3.95. The molecule has 132 valence electrons. The smallest absolute Gasteiger partial charge is 0.244 e. The lowest BCUT2D eigenvalue weighted by molar-refractivity contribution is -0.117. The average Bonchev–Trinajstić information content (AvgIpc) is 2.58. The van der Waals surface area contributed by atoms with Crippen LogP contribution in [0.3, 0.4) is 0 Å². The van der Waals surface area contributed by atoms with Crippen LogP contribution in [0.4, 0.5) is 0 Å². The summed E-state index contributed by atoms with van der Waals surface area (Å²) < 4.78 is 5.28. The first-order chi connectivity index (χ1) is 11.9. The minimum Gasteiger partial charge on any atom is -0.496 e. The number of ether oxygens (including phenoxy) is 1. The summed E-state index contributed by atoms with van der Waals surface area (Å²) in [6, 6.07) is 11.0. The molecule has 0 aliphatic carbocycles. The highest BCUT2D eigenvalue weighted by Crippen LogP contribution is 2.25. The Morgan fingerprint density at radius 3 is 2.60 bits per heavy atom. The van der Waals surface area contributed by atoms with E-state index in [4.69, 9.17) is 27.9 Å². The molecule has 2 aromatic carbocycles.